The number of halogens is 2. The third kappa shape index (κ3) is 3.03. The van der Waals surface area contributed by atoms with E-state index in [1.807, 2.05) is 0 Å². The molecular formula is C11H8ClFN8. The first-order chi connectivity index (χ1) is 10.1. The fourth-order valence-electron chi connectivity index (χ4n) is 1.61. The van der Waals surface area contributed by atoms with E-state index in [0.717, 1.165) is 0 Å². The van der Waals surface area contributed by atoms with Gasteiger partial charge in [0.25, 0.3) is 5.95 Å². The monoisotopic (exact) mass is 306 g/mol. The second kappa shape index (κ2) is 5.29. The SMILES string of the molecule is Nc1nc(Nc2cc(F)cc(Cl)c2)nc(-n2cncn2)n1. The predicted octanol–water partition coefficient (Wildman–Crippen LogP) is 1.57. The molecule has 3 rings (SSSR count). The lowest BCUT2D eigenvalue weighted by Gasteiger charge is -2.07. The Morgan fingerprint density at radius 3 is 2.76 bits per heavy atom. The van der Waals surface area contributed by atoms with E-state index in [-0.39, 0.29) is 22.9 Å². The van der Waals surface area contributed by atoms with E-state index in [1.54, 1.807) is 0 Å². The molecule has 1 aromatic carbocycles. The van der Waals surface area contributed by atoms with Gasteiger partial charge in [0, 0.05) is 10.7 Å². The van der Waals surface area contributed by atoms with Crippen molar-refractivity contribution in [2.24, 2.45) is 0 Å². The summed E-state index contributed by atoms with van der Waals surface area (Å²) < 4.78 is 14.6. The van der Waals surface area contributed by atoms with Crippen LogP contribution in [0.15, 0.2) is 30.9 Å². The van der Waals surface area contributed by atoms with Crippen LogP contribution in [0.2, 0.25) is 5.02 Å². The van der Waals surface area contributed by atoms with Crippen molar-refractivity contribution in [3.05, 3.63) is 41.7 Å². The summed E-state index contributed by atoms with van der Waals surface area (Å²) in [5, 5.41) is 6.94. The molecule has 0 unspecified atom stereocenters. The van der Waals surface area contributed by atoms with Crippen LogP contribution < -0.4 is 11.1 Å². The number of nitrogen functional groups attached to an aromatic ring is 1. The predicted molar refractivity (Wildman–Crippen MR) is 73.8 cm³/mol. The molecular weight excluding hydrogens is 299 g/mol. The van der Waals surface area contributed by atoms with Gasteiger partial charge in [-0.1, -0.05) is 11.6 Å². The summed E-state index contributed by atoms with van der Waals surface area (Å²) >= 11 is 5.78. The molecule has 0 saturated carbocycles. The van der Waals surface area contributed by atoms with Crippen LogP contribution in [0.4, 0.5) is 22.0 Å². The molecule has 0 aliphatic heterocycles. The van der Waals surface area contributed by atoms with Crippen LogP contribution in [-0.4, -0.2) is 29.7 Å². The van der Waals surface area contributed by atoms with Gasteiger partial charge in [-0.15, -0.1) is 0 Å². The molecule has 0 amide bonds. The maximum absolute atomic E-state index is 13.3. The number of rotatable bonds is 3. The van der Waals surface area contributed by atoms with E-state index in [2.05, 4.69) is 30.4 Å². The highest BCUT2D eigenvalue weighted by Crippen LogP contribution is 2.20. The third-order valence-corrected chi connectivity index (χ3v) is 2.60. The minimum atomic E-state index is -0.483. The number of benzene rings is 1. The first-order valence-electron chi connectivity index (χ1n) is 5.70. The zero-order valence-corrected chi connectivity index (χ0v) is 11.2. The summed E-state index contributed by atoms with van der Waals surface area (Å²) in [6.07, 6.45) is 2.75. The van der Waals surface area contributed by atoms with Crippen molar-refractivity contribution in [2.45, 2.75) is 0 Å². The Morgan fingerprint density at radius 1 is 1.19 bits per heavy atom. The van der Waals surface area contributed by atoms with Crippen molar-refractivity contribution in [1.82, 2.24) is 29.7 Å². The van der Waals surface area contributed by atoms with Crippen molar-refractivity contribution in [3.63, 3.8) is 0 Å². The van der Waals surface area contributed by atoms with Gasteiger partial charge in [0.2, 0.25) is 11.9 Å². The first-order valence-corrected chi connectivity index (χ1v) is 6.07. The van der Waals surface area contributed by atoms with Crippen LogP contribution in [0, 0.1) is 5.82 Å². The zero-order chi connectivity index (χ0) is 14.8. The van der Waals surface area contributed by atoms with E-state index < -0.39 is 5.82 Å². The Kier molecular flexibility index (Phi) is 3.32. The molecule has 2 aromatic heterocycles. The van der Waals surface area contributed by atoms with Gasteiger partial charge in [-0.2, -0.15) is 24.7 Å². The molecule has 0 radical (unpaired) electrons. The van der Waals surface area contributed by atoms with Gasteiger partial charge < -0.3 is 11.1 Å². The molecule has 3 aromatic rings. The maximum atomic E-state index is 13.3. The number of hydrogen-bond donors (Lipinski definition) is 2. The van der Waals surface area contributed by atoms with Gasteiger partial charge in [-0.25, -0.2) is 9.37 Å². The smallest absolute Gasteiger partial charge is 0.258 e. The number of nitrogens with zero attached hydrogens (tertiary/aromatic N) is 6. The molecule has 0 bridgehead atoms. The van der Waals surface area contributed by atoms with Gasteiger partial charge >= 0.3 is 0 Å². The quantitative estimate of drug-likeness (QED) is 0.756. The average molecular weight is 307 g/mol. The van der Waals surface area contributed by atoms with E-state index in [0.29, 0.717) is 5.69 Å². The van der Waals surface area contributed by atoms with E-state index >= 15 is 0 Å². The van der Waals surface area contributed by atoms with E-state index in [1.165, 1.54) is 35.5 Å². The van der Waals surface area contributed by atoms with E-state index in [9.17, 15) is 4.39 Å². The maximum Gasteiger partial charge on any atom is 0.258 e. The van der Waals surface area contributed by atoms with Crippen molar-refractivity contribution in [1.29, 1.82) is 0 Å². The topological polar surface area (TPSA) is 107 Å². The summed E-state index contributed by atoms with van der Waals surface area (Å²) in [4.78, 5) is 15.7. The zero-order valence-electron chi connectivity index (χ0n) is 10.4. The Bertz CT molecular complexity index is 756. The number of anilines is 3. The van der Waals surface area contributed by atoms with Crippen LogP contribution >= 0.6 is 11.6 Å². The van der Waals surface area contributed by atoms with E-state index in [4.69, 9.17) is 17.3 Å². The van der Waals surface area contributed by atoms with Gasteiger partial charge in [0.15, 0.2) is 0 Å². The first kappa shape index (κ1) is 13.2. The summed E-state index contributed by atoms with van der Waals surface area (Å²) in [6.45, 7) is 0. The molecule has 106 valence electrons. The lowest BCUT2D eigenvalue weighted by molar-refractivity contribution is 0.628. The van der Waals surface area contributed by atoms with Crippen LogP contribution in [-0.2, 0) is 0 Å². The molecule has 0 spiro atoms. The molecule has 2 heterocycles. The number of aromatic nitrogens is 6. The summed E-state index contributed by atoms with van der Waals surface area (Å²) in [7, 11) is 0. The van der Waals surface area contributed by atoms with Crippen molar-refractivity contribution in [3.8, 4) is 5.95 Å². The minimum Gasteiger partial charge on any atom is -0.368 e. The largest absolute Gasteiger partial charge is 0.368 e. The molecule has 0 aliphatic carbocycles. The van der Waals surface area contributed by atoms with Gasteiger partial charge in [-0.3, -0.25) is 0 Å². The minimum absolute atomic E-state index is 0.0134. The molecule has 0 aliphatic rings. The van der Waals surface area contributed by atoms with Crippen LogP contribution in [0.25, 0.3) is 5.95 Å². The highest BCUT2D eigenvalue weighted by atomic mass is 35.5. The number of nitrogens with one attached hydrogen (secondary N) is 1. The Labute approximate surface area is 122 Å². The molecule has 8 nitrogen and oxygen atoms in total. The normalized spacial score (nSPS) is 10.6. The summed E-state index contributed by atoms with van der Waals surface area (Å²) in [5.41, 5.74) is 6.00. The molecule has 21 heavy (non-hydrogen) atoms. The standard InChI is InChI=1S/C11H8ClFN8/c12-6-1-7(13)3-8(2-6)17-10-18-9(14)19-11(20-10)21-5-15-4-16-21/h1-5H,(H3,14,17,18,19,20). The van der Waals surface area contributed by atoms with Gasteiger partial charge in [0.05, 0.1) is 0 Å². The second-order valence-electron chi connectivity index (χ2n) is 3.94. The van der Waals surface area contributed by atoms with Crippen molar-refractivity contribution in [2.75, 3.05) is 11.1 Å². The Hall–Kier alpha value is -2.81. The lowest BCUT2D eigenvalue weighted by atomic mass is 10.3. The lowest BCUT2D eigenvalue weighted by Crippen LogP contribution is -2.09. The highest BCUT2D eigenvalue weighted by Gasteiger charge is 2.08. The molecule has 0 saturated heterocycles. The summed E-state index contributed by atoms with van der Waals surface area (Å²) in [6, 6.07) is 3.97. The molecule has 0 fully saturated rings. The van der Waals surface area contributed by atoms with Crippen molar-refractivity contribution >= 4 is 29.2 Å². The molecule has 10 heteroatoms. The highest BCUT2D eigenvalue weighted by molar-refractivity contribution is 6.30. The number of hydrogen-bond acceptors (Lipinski definition) is 7. The van der Waals surface area contributed by atoms with Crippen LogP contribution in [0.5, 0.6) is 0 Å². The molecule has 0 atom stereocenters. The Morgan fingerprint density at radius 2 is 2.05 bits per heavy atom. The summed E-state index contributed by atoms with van der Waals surface area (Å²) in [5.74, 6) is -0.177. The van der Waals surface area contributed by atoms with Crippen molar-refractivity contribution < 1.29 is 4.39 Å². The van der Waals surface area contributed by atoms with Crippen LogP contribution in [0.1, 0.15) is 0 Å². The average Bonchev–Trinajstić information content (AvgIpc) is 2.90. The fraction of sp³-hybridized carbons (Fsp3) is 0. The second-order valence-corrected chi connectivity index (χ2v) is 4.38. The third-order valence-electron chi connectivity index (χ3n) is 2.38. The van der Waals surface area contributed by atoms with Crippen LogP contribution in [0.3, 0.4) is 0 Å². The molecule has 3 N–H and O–H groups in total. The number of nitrogens with two attached hydrogens (primary N) is 1. The van der Waals surface area contributed by atoms with Gasteiger partial charge in [-0.05, 0) is 18.2 Å². The Balaban J connectivity index is 1.95. The van der Waals surface area contributed by atoms with Gasteiger partial charge in [0.1, 0.15) is 18.5 Å². The fourth-order valence-corrected chi connectivity index (χ4v) is 1.83.